The standard InChI is InChI=1S/C15H14F3N5.C15H21N5O3S.C14H14ClN5.C14H17ClN4O.C14H17F3N4O2S/c1-8-20-11-2-3-23(7-13(11)21-8)14-5-9(15(16,17)18)4-12-10(14)6-19-22-12;1-11(21)18(2)12-8-14-13(10-16-17-14)15(9-12)19-4-6-20(7-5-19)24(3,22)23;1-8-17-11-2-3-20(7-13(11)18-8)14-5-9(15)4-12-10(14)6-16-19-12;1-16-14(20)9-3-2-4-19(8-9)13-6-10(15)5-12-11(13)7-17-18-12;1-9-8-20(24(2,22)23)3-4-21(9)13-6-10(14(15,16)17)5-12-11(13)7-18-19-12/h4-6H,2-3,7H2,1H3,(H,19,22)(H,20,21);8-10H,4-7H2,1-3H3,(H,16,17);4-6H,2-3,7H2,1H3,(H,16,19)(H,17,18);5-7,9H,2-4,8H2,1H3,(H,16,20)(H,17,18);5-7,9H,3-4,8H2,1-2H3,(H,18,19)/t;;;;9-/m....0/s1. The molecular formula is C72H83Cl2F6N23O6S2. The van der Waals surface area contributed by atoms with Crippen LogP contribution >= 0.6 is 23.2 Å². The molecule has 5 aromatic carbocycles. The zero-order valence-corrected chi connectivity index (χ0v) is 65.0. The number of imidazole rings is 2. The average Bonchev–Trinajstić information content (AvgIpc) is 1.77. The highest BCUT2D eigenvalue weighted by molar-refractivity contribution is 7.88. The number of piperidine rings is 1. The summed E-state index contributed by atoms with van der Waals surface area (Å²) in [6.07, 6.45) is 5.58. The molecule has 0 saturated carbocycles. The molecule has 17 rings (SSSR count). The Morgan fingerprint density at radius 3 is 1.38 bits per heavy atom. The molecule has 0 radical (unpaired) electrons. The van der Waals surface area contributed by atoms with E-state index in [0.717, 1.165) is 153 Å². The topological polar surface area (TPSA) is 341 Å². The van der Waals surface area contributed by atoms with Crippen molar-refractivity contribution in [1.29, 1.82) is 0 Å². The predicted molar refractivity (Wildman–Crippen MR) is 417 cm³/mol. The van der Waals surface area contributed by atoms with Crippen molar-refractivity contribution in [1.82, 2.24) is 84.8 Å². The second-order valence-electron chi connectivity index (χ2n) is 28.1. The molecular weight excluding hydrogens is 1530 g/mol. The number of hydrogen-bond donors (Lipinski definition) is 8. The Hall–Kier alpha value is -10.2. The molecule has 5 aliphatic rings. The van der Waals surface area contributed by atoms with Crippen LogP contribution in [-0.4, -0.2) is 213 Å². The van der Waals surface area contributed by atoms with Gasteiger partial charge in [0.1, 0.15) is 11.6 Å². The van der Waals surface area contributed by atoms with Gasteiger partial charge in [-0.1, -0.05) is 23.2 Å². The van der Waals surface area contributed by atoms with Gasteiger partial charge in [-0.25, -0.2) is 26.8 Å². The lowest BCUT2D eigenvalue weighted by Crippen LogP contribution is -2.53. The number of amides is 2. The fraction of sp³-hybridized carbons (Fsp3) is 0.403. The van der Waals surface area contributed by atoms with Crippen LogP contribution < -0.4 is 34.7 Å². The summed E-state index contributed by atoms with van der Waals surface area (Å²) in [6.45, 7) is 14.6. The number of fused-ring (bicyclic) bond motifs is 7. The van der Waals surface area contributed by atoms with Gasteiger partial charge in [0.05, 0.1) is 124 Å². The van der Waals surface area contributed by atoms with Crippen molar-refractivity contribution in [3.63, 3.8) is 0 Å². The normalized spacial score (nSPS) is 17.4. The first-order valence-corrected chi connectivity index (χ1v) is 40.1. The van der Waals surface area contributed by atoms with E-state index in [2.05, 4.69) is 90.9 Å². The van der Waals surface area contributed by atoms with Gasteiger partial charge in [-0.15, -0.1) is 0 Å². The van der Waals surface area contributed by atoms with Crippen LogP contribution in [-0.2, 0) is 67.9 Å². The van der Waals surface area contributed by atoms with E-state index in [9.17, 15) is 52.8 Å². The minimum Gasteiger partial charge on any atom is -0.370 e. The van der Waals surface area contributed by atoms with E-state index in [1.165, 1.54) is 45.4 Å². The summed E-state index contributed by atoms with van der Waals surface area (Å²) in [5, 5.41) is 42.6. The van der Waals surface area contributed by atoms with Crippen LogP contribution in [0.2, 0.25) is 10.0 Å². The van der Waals surface area contributed by atoms with Crippen LogP contribution in [0.15, 0.2) is 91.6 Å². The van der Waals surface area contributed by atoms with E-state index in [0.29, 0.717) is 90.4 Å². The highest BCUT2D eigenvalue weighted by atomic mass is 35.5. The summed E-state index contributed by atoms with van der Waals surface area (Å²) < 4.78 is 128. The molecule has 111 heavy (non-hydrogen) atoms. The zero-order chi connectivity index (χ0) is 79.2. The quantitative estimate of drug-likeness (QED) is 0.0622. The maximum Gasteiger partial charge on any atom is 0.416 e. The molecule has 0 bridgehead atoms. The zero-order valence-electron chi connectivity index (χ0n) is 61.8. The predicted octanol–water partition coefficient (Wildman–Crippen LogP) is 10.8. The van der Waals surface area contributed by atoms with Crippen molar-refractivity contribution in [3.05, 3.63) is 147 Å². The second kappa shape index (κ2) is 31.9. The molecule has 7 aromatic heterocycles. The lowest BCUT2D eigenvalue weighted by atomic mass is 9.96. The fourth-order valence-electron chi connectivity index (χ4n) is 14.8. The van der Waals surface area contributed by atoms with Crippen molar-refractivity contribution >= 4 is 144 Å². The average molecular weight is 1620 g/mol. The van der Waals surface area contributed by atoms with E-state index in [-0.39, 0.29) is 36.9 Å². The number of carbonyl (C=O) groups is 2. The molecule has 2 atom stereocenters. The van der Waals surface area contributed by atoms with Gasteiger partial charge in [0.2, 0.25) is 31.9 Å². The van der Waals surface area contributed by atoms with Gasteiger partial charge in [0.25, 0.3) is 0 Å². The fourth-order valence-corrected chi connectivity index (χ4v) is 17.0. The maximum atomic E-state index is 13.1. The molecule has 12 aromatic rings. The number of H-pyrrole nitrogens is 7. The Morgan fingerprint density at radius 1 is 0.523 bits per heavy atom. The number of alkyl halides is 6. The van der Waals surface area contributed by atoms with E-state index in [4.69, 9.17) is 23.2 Å². The SMILES string of the molecule is CC(=O)N(C)c1cc(N2CCN(S(C)(=O)=O)CC2)c2cn[nH]c2c1.CNC(=O)C1CCCN(c2cc(Cl)cc3[nH]ncc23)C1.C[C@H]1CN(S(C)(=O)=O)CCN1c1cc(C(F)(F)F)cc2[nH]ncc12.Cc1nc2c([nH]1)CN(c1cc(C(F)(F)F)cc3[nH]ncc13)CC2.Cc1nc2c([nH]1)CN(c1cc(Cl)cc3[nH]ncc13)CC2. The first-order valence-electron chi connectivity index (χ1n) is 35.7. The number of rotatable bonds is 9. The molecule has 0 spiro atoms. The van der Waals surface area contributed by atoms with Crippen molar-refractivity contribution in [2.75, 3.05) is 128 Å². The Labute approximate surface area is 643 Å². The highest BCUT2D eigenvalue weighted by Gasteiger charge is 2.37. The largest absolute Gasteiger partial charge is 0.416 e. The van der Waals surface area contributed by atoms with Crippen molar-refractivity contribution in [2.45, 2.75) is 84.9 Å². The summed E-state index contributed by atoms with van der Waals surface area (Å²) in [4.78, 5) is 51.0. The third kappa shape index (κ3) is 17.6. The molecule has 12 heterocycles. The van der Waals surface area contributed by atoms with Crippen LogP contribution in [0.5, 0.6) is 0 Å². The molecule has 0 aliphatic carbocycles. The van der Waals surface area contributed by atoms with Crippen LogP contribution in [0.3, 0.4) is 0 Å². The Balaban J connectivity index is 0.000000122. The molecule has 1 unspecified atom stereocenters. The number of benzene rings is 5. The van der Waals surface area contributed by atoms with Gasteiger partial charge in [0, 0.05) is 183 Å². The number of carbonyl (C=O) groups excluding carboxylic acids is 2. The number of hydrogen-bond acceptors (Lipinski definition) is 18. The summed E-state index contributed by atoms with van der Waals surface area (Å²) >= 11 is 12.4. The van der Waals surface area contributed by atoms with Crippen molar-refractivity contribution < 1.29 is 52.8 Å². The molecule has 5 aliphatic heterocycles. The number of sulfonamides is 2. The van der Waals surface area contributed by atoms with Crippen molar-refractivity contribution in [2.24, 2.45) is 5.92 Å². The third-order valence-electron chi connectivity index (χ3n) is 20.5. The van der Waals surface area contributed by atoms with Crippen LogP contribution in [0.4, 0.5) is 60.5 Å². The third-order valence-corrected chi connectivity index (χ3v) is 23.5. The highest BCUT2D eigenvalue weighted by Crippen LogP contribution is 2.41. The van der Waals surface area contributed by atoms with Gasteiger partial charge in [-0.05, 0) is 94.3 Å². The van der Waals surface area contributed by atoms with Crippen LogP contribution in [0.25, 0.3) is 54.5 Å². The number of anilines is 6. The molecule has 8 N–H and O–H groups in total. The van der Waals surface area contributed by atoms with E-state index in [1.54, 1.807) is 43.2 Å². The molecule has 2 amide bonds. The number of aromatic nitrogens is 14. The summed E-state index contributed by atoms with van der Waals surface area (Å²) in [7, 11) is -3.06. The van der Waals surface area contributed by atoms with Gasteiger partial charge < -0.3 is 44.7 Å². The first-order chi connectivity index (χ1) is 52.6. The summed E-state index contributed by atoms with van der Waals surface area (Å²) in [6, 6.07) is 15.8. The lowest BCUT2D eigenvalue weighted by molar-refractivity contribution is -0.138. The van der Waals surface area contributed by atoms with Crippen molar-refractivity contribution in [3.8, 4) is 0 Å². The van der Waals surface area contributed by atoms with Crippen LogP contribution in [0.1, 0.15) is 72.2 Å². The lowest BCUT2D eigenvalue weighted by Gasteiger charge is -2.40. The molecule has 3 fully saturated rings. The Morgan fingerprint density at radius 2 is 0.937 bits per heavy atom. The number of aryl methyl sites for hydroxylation is 2. The van der Waals surface area contributed by atoms with Gasteiger partial charge >= 0.3 is 12.4 Å². The number of piperazine rings is 2. The monoisotopic (exact) mass is 1610 g/mol. The van der Waals surface area contributed by atoms with Gasteiger partial charge in [-0.3, -0.25) is 35.1 Å². The number of nitrogens with zero attached hydrogens (tertiary/aromatic N) is 15. The number of nitrogens with one attached hydrogen (secondary N) is 8. The van der Waals surface area contributed by atoms with Crippen LogP contribution in [0, 0.1) is 19.8 Å². The van der Waals surface area contributed by atoms with Gasteiger partial charge in [0.15, 0.2) is 0 Å². The molecule has 3 saturated heterocycles. The van der Waals surface area contributed by atoms with E-state index < -0.39 is 43.5 Å². The number of halogens is 8. The molecule has 29 nitrogen and oxygen atoms in total. The Kier molecular flexibility index (Phi) is 22.7. The Bertz CT molecular complexity index is 5630. The second-order valence-corrected chi connectivity index (χ2v) is 32.9. The first kappa shape index (κ1) is 78.9. The minimum absolute atomic E-state index is 0.0367. The number of aromatic amines is 7. The molecule has 39 heteroatoms. The summed E-state index contributed by atoms with van der Waals surface area (Å²) in [5.74, 6) is 1.90. The summed E-state index contributed by atoms with van der Waals surface area (Å²) in [5.41, 5.74) is 11.2. The van der Waals surface area contributed by atoms with E-state index >= 15 is 0 Å². The minimum atomic E-state index is -4.47. The smallest absolute Gasteiger partial charge is 0.370 e. The van der Waals surface area contributed by atoms with E-state index in [1.807, 2.05) is 67.5 Å². The maximum absolute atomic E-state index is 13.1. The van der Waals surface area contributed by atoms with Gasteiger partial charge in [-0.2, -0.15) is 60.4 Å². The molecule has 590 valence electrons.